The lowest BCUT2D eigenvalue weighted by Gasteiger charge is -2.18. The number of hydrogen-bond acceptors (Lipinski definition) is 6. The monoisotopic (exact) mass is 1070 g/mol. The molecule has 0 aliphatic heterocycles. The molecule has 0 heterocycles. The number of carbonyl (C=O) groups excluding carboxylic acids is 3. The molecule has 0 rings (SSSR count). The maximum atomic E-state index is 12.9. The summed E-state index contributed by atoms with van der Waals surface area (Å²) in [6.45, 7) is 6.41. The van der Waals surface area contributed by atoms with Crippen molar-refractivity contribution in [3.8, 4) is 0 Å². The fourth-order valence-electron chi connectivity index (χ4n) is 8.95. The first-order valence-corrected chi connectivity index (χ1v) is 32.4. The Morgan fingerprint density at radius 1 is 0.273 bits per heavy atom. The zero-order valence-corrected chi connectivity index (χ0v) is 50.4. The molecule has 0 fully saturated rings. The molecule has 0 amide bonds. The summed E-state index contributed by atoms with van der Waals surface area (Å²) in [7, 11) is 0. The van der Waals surface area contributed by atoms with Crippen molar-refractivity contribution in [3.05, 3.63) is 109 Å². The Morgan fingerprint density at radius 3 is 0.805 bits per heavy atom. The van der Waals surface area contributed by atoms with Crippen molar-refractivity contribution in [2.45, 2.75) is 309 Å². The highest BCUT2D eigenvalue weighted by Crippen LogP contribution is 2.16. The molecule has 77 heavy (non-hydrogen) atoms. The van der Waals surface area contributed by atoms with Crippen LogP contribution in [0, 0.1) is 0 Å². The molecular weight excluding hydrogens is 949 g/mol. The fraction of sp³-hybridized carbons (Fsp3) is 0.704. The fourth-order valence-corrected chi connectivity index (χ4v) is 8.95. The Morgan fingerprint density at radius 2 is 0.506 bits per heavy atom. The molecule has 0 aromatic rings. The molecule has 1 atom stereocenters. The lowest BCUT2D eigenvalue weighted by atomic mass is 10.0. The van der Waals surface area contributed by atoms with Crippen molar-refractivity contribution < 1.29 is 28.6 Å². The molecule has 0 N–H and O–H groups in total. The SMILES string of the molecule is CC/C=C\C/C=C\C/C=C\C/C=C\CCCCCCCCCCCCC(=O)OCC(COC(=O)CCCCCCC/C=C\CCCCCC)OC(=O)CCCCCCCCCCCC/C=C\C/C=C\C/C=C\C/C=C\CC. The summed E-state index contributed by atoms with van der Waals surface area (Å²) in [6.07, 6.45) is 88.0. The number of unbranched alkanes of at least 4 members (excludes halogenated alkanes) is 29. The van der Waals surface area contributed by atoms with E-state index in [4.69, 9.17) is 14.2 Å². The maximum absolute atomic E-state index is 12.9. The number of esters is 3. The summed E-state index contributed by atoms with van der Waals surface area (Å²) in [4.78, 5) is 38.3. The lowest BCUT2D eigenvalue weighted by Crippen LogP contribution is -2.30. The molecule has 0 bridgehead atoms. The van der Waals surface area contributed by atoms with Crippen LogP contribution in [0.15, 0.2) is 109 Å². The van der Waals surface area contributed by atoms with Gasteiger partial charge in [0.25, 0.3) is 0 Å². The summed E-state index contributed by atoms with van der Waals surface area (Å²) in [5.41, 5.74) is 0. The first-order chi connectivity index (χ1) is 38.0. The molecule has 6 nitrogen and oxygen atoms in total. The Hall–Kier alpha value is -3.93. The molecule has 0 aliphatic carbocycles. The minimum atomic E-state index is -0.788. The van der Waals surface area contributed by atoms with E-state index in [2.05, 4.69) is 130 Å². The smallest absolute Gasteiger partial charge is 0.306 e. The second-order valence-electron chi connectivity index (χ2n) is 21.3. The third kappa shape index (κ3) is 62.8. The Balaban J connectivity index is 4.35. The molecular formula is C71H120O6. The van der Waals surface area contributed by atoms with Gasteiger partial charge in [0, 0.05) is 19.3 Å². The molecule has 0 aliphatic rings. The van der Waals surface area contributed by atoms with Gasteiger partial charge >= 0.3 is 17.9 Å². The van der Waals surface area contributed by atoms with E-state index in [9.17, 15) is 14.4 Å². The summed E-state index contributed by atoms with van der Waals surface area (Å²) in [5, 5.41) is 0. The third-order valence-electron chi connectivity index (χ3n) is 13.7. The van der Waals surface area contributed by atoms with Crippen LogP contribution in [0.4, 0.5) is 0 Å². The topological polar surface area (TPSA) is 78.9 Å². The van der Waals surface area contributed by atoms with Gasteiger partial charge in [-0.15, -0.1) is 0 Å². The van der Waals surface area contributed by atoms with Crippen LogP contribution >= 0.6 is 0 Å². The first kappa shape index (κ1) is 73.1. The number of ether oxygens (including phenoxy) is 3. The van der Waals surface area contributed by atoms with E-state index >= 15 is 0 Å². The summed E-state index contributed by atoms with van der Waals surface area (Å²) < 4.78 is 16.9. The van der Waals surface area contributed by atoms with Crippen LogP contribution in [0.2, 0.25) is 0 Å². The summed E-state index contributed by atoms with van der Waals surface area (Å²) in [5.74, 6) is -0.893. The largest absolute Gasteiger partial charge is 0.462 e. The second-order valence-corrected chi connectivity index (χ2v) is 21.3. The van der Waals surface area contributed by atoms with E-state index in [0.29, 0.717) is 19.3 Å². The highest BCUT2D eigenvalue weighted by atomic mass is 16.6. The van der Waals surface area contributed by atoms with Gasteiger partial charge in [-0.2, -0.15) is 0 Å². The average Bonchev–Trinajstić information content (AvgIpc) is 3.43. The zero-order chi connectivity index (χ0) is 55.7. The van der Waals surface area contributed by atoms with Gasteiger partial charge in [0.15, 0.2) is 6.10 Å². The van der Waals surface area contributed by atoms with E-state index in [1.165, 1.54) is 148 Å². The highest BCUT2D eigenvalue weighted by molar-refractivity contribution is 5.71. The van der Waals surface area contributed by atoms with E-state index in [1.807, 2.05) is 0 Å². The van der Waals surface area contributed by atoms with Crippen LogP contribution in [0.5, 0.6) is 0 Å². The first-order valence-electron chi connectivity index (χ1n) is 32.4. The molecule has 0 saturated carbocycles. The van der Waals surface area contributed by atoms with Crippen LogP contribution < -0.4 is 0 Å². The average molecular weight is 1070 g/mol. The van der Waals surface area contributed by atoms with Crippen molar-refractivity contribution in [2.24, 2.45) is 0 Å². The number of carbonyl (C=O) groups is 3. The standard InChI is InChI=1S/C71H120O6/c1-4-7-10-13-16-19-22-25-27-29-31-33-35-37-39-41-43-46-49-52-55-58-61-64-70(73)76-67-68(66-75-69(72)63-60-57-54-51-48-45-24-21-18-15-12-9-6-3)77-71(74)65-62-59-56-53-50-47-44-42-40-38-36-34-32-30-28-26-23-20-17-14-11-8-5-2/h7-8,10-11,16-17,19-21,24-28,31-34,68H,4-6,9,12-15,18,22-23,29-30,35-67H2,1-3H3/b10-7-,11-8-,19-16-,20-17-,24-21-,27-25-,28-26-,33-31-,34-32-. The molecule has 0 spiro atoms. The van der Waals surface area contributed by atoms with Gasteiger partial charge in [-0.3, -0.25) is 14.4 Å². The predicted octanol–water partition coefficient (Wildman–Crippen LogP) is 22.2. The van der Waals surface area contributed by atoms with Gasteiger partial charge in [0.05, 0.1) is 0 Å². The van der Waals surface area contributed by atoms with Gasteiger partial charge in [-0.25, -0.2) is 0 Å². The summed E-state index contributed by atoms with van der Waals surface area (Å²) in [6, 6.07) is 0. The minimum absolute atomic E-state index is 0.0844. The van der Waals surface area contributed by atoms with E-state index in [-0.39, 0.29) is 31.1 Å². The van der Waals surface area contributed by atoms with Crippen molar-refractivity contribution >= 4 is 17.9 Å². The normalized spacial score (nSPS) is 12.8. The number of rotatable bonds is 58. The second kappa shape index (κ2) is 64.6. The molecule has 0 saturated heterocycles. The van der Waals surface area contributed by atoms with Crippen molar-refractivity contribution in [1.29, 1.82) is 0 Å². The molecule has 1 unspecified atom stereocenters. The van der Waals surface area contributed by atoms with Crippen molar-refractivity contribution in [3.63, 3.8) is 0 Å². The molecule has 0 aromatic heterocycles. The quantitative estimate of drug-likeness (QED) is 0.0261. The van der Waals surface area contributed by atoms with Crippen LogP contribution in [-0.2, 0) is 28.6 Å². The number of allylic oxidation sites excluding steroid dienone is 18. The van der Waals surface area contributed by atoms with Gasteiger partial charge in [-0.1, -0.05) is 271 Å². The van der Waals surface area contributed by atoms with Gasteiger partial charge in [0.2, 0.25) is 0 Å². The van der Waals surface area contributed by atoms with Crippen LogP contribution in [0.25, 0.3) is 0 Å². The van der Waals surface area contributed by atoms with Crippen LogP contribution in [-0.4, -0.2) is 37.2 Å². The highest BCUT2D eigenvalue weighted by Gasteiger charge is 2.19. The van der Waals surface area contributed by atoms with E-state index in [1.54, 1.807) is 0 Å². The minimum Gasteiger partial charge on any atom is -0.462 e. The molecule has 6 heteroatoms. The molecule has 0 radical (unpaired) electrons. The predicted molar refractivity (Wildman–Crippen MR) is 334 cm³/mol. The van der Waals surface area contributed by atoms with Crippen molar-refractivity contribution in [2.75, 3.05) is 13.2 Å². The van der Waals surface area contributed by atoms with Crippen molar-refractivity contribution in [1.82, 2.24) is 0 Å². The van der Waals surface area contributed by atoms with Gasteiger partial charge in [-0.05, 0) is 122 Å². The Bertz CT molecular complexity index is 1560. The third-order valence-corrected chi connectivity index (χ3v) is 13.7. The lowest BCUT2D eigenvalue weighted by molar-refractivity contribution is -0.167. The van der Waals surface area contributed by atoms with E-state index in [0.717, 1.165) is 116 Å². The maximum Gasteiger partial charge on any atom is 0.306 e. The van der Waals surface area contributed by atoms with Crippen LogP contribution in [0.3, 0.4) is 0 Å². The van der Waals surface area contributed by atoms with Crippen LogP contribution in [0.1, 0.15) is 303 Å². The zero-order valence-electron chi connectivity index (χ0n) is 50.4. The summed E-state index contributed by atoms with van der Waals surface area (Å²) >= 11 is 0. The Labute approximate surface area is 476 Å². The molecule has 0 aromatic carbocycles. The van der Waals surface area contributed by atoms with E-state index < -0.39 is 6.10 Å². The number of hydrogen-bond donors (Lipinski definition) is 0. The Kier molecular flexibility index (Phi) is 61.3. The van der Waals surface area contributed by atoms with Gasteiger partial charge < -0.3 is 14.2 Å². The van der Waals surface area contributed by atoms with Gasteiger partial charge in [0.1, 0.15) is 13.2 Å². The molecule has 440 valence electrons.